The van der Waals surface area contributed by atoms with Crippen LogP contribution in [0.3, 0.4) is 0 Å². The monoisotopic (exact) mass is 306 g/mol. The largest absolute Gasteiger partial charge is 0.393 e. The van der Waals surface area contributed by atoms with Crippen LogP contribution in [0.5, 0.6) is 0 Å². The third-order valence-electron chi connectivity index (χ3n) is 6.05. The van der Waals surface area contributed by atoms with Crippen molar-refractivity contribution in [2.45, 2.75) is 71.8 Å². The maximum absolute atomic E-state index is 12.6. The molecule has 0 aliphatic heterocycles. The predicted octanol–water partition coefficient (Wildman–Crippen LogP) is 3.69. The van der Waals surface area contributed by atoms with Crippen LogP contribution in [0.25, 0.3) is 0 Å². The van der Waals surface area contributed by atoms with E-state index in [1.54, 1.807) is 6.92 Å². The standard InChI is InChI=1S/C19H30O3/c1-12-6-9-17(21)13(2)5-8-16-15(12)11-19(16,4)18(22)10-7-14(3)20/h13-16,20H,1,5-11H2,2-4H3/t13-,14+,15-,16-,19-/m1/s1. The van der Waals surface area contributed by atoms with Gasteiger partial charge in [-0.1, -0.05) is 26.0 Å². The third-order valence-corrected chi connectivity index (χ3v) is 6.05. The van der Waals surface area contributed by atoms with Crippen LogP contribution in [0.4, 0.5) is 0 Å². The van der Waals surface area contributed by atoms with Gasteiger partial charge in [-0.25, -0.2) is 0 Å². The number of Topliss-reactive ketones (excluding diaryl/α,β-unsaturated/α-hetero) is 2. The van der Waals surface area contributed by atoms with Gasteiger partial charge in [0.25, 0.3) is 0 Å². The number of allylic oxidation sites excluding steroid dienone is 1. The summed E-state index contributed by atoms with van der Waals surface area (Å²) in [5, 5.41) is 9.41. The van der Waals surface area contributed by atoms with Crippen LogP contribution in [0.1, 0.15) is 65.7 Å². The molecule has 0 unspecified atom stereocenters. The number of carbonyl (C=O) groups excluding carboxylic acids is 2. The maximum atomic E-state index is 12.6. The molecule has 2 saturated carbocycles. The van der Waals surface area contributed by atoms with E-state index in [0.717, 1.165) is 31.3 Å². The zero-order valence-corrected chi connectivity index (χ0v) is 14.2. The topological polar surface area (TPSA) is 54.4 Å². The summed E-state index contributed by atoms with van der Waals surface area (Å²) in [6.07, 6.45) is 4.66. The second-order valence-electron chi connectivity index (χ2n) is 7.75. The van der Waals surface area contributed by atoms with E-state index in [4.69, 9.17) is 0 Å². The summed E-state index contributed by atoms with van der Waals surface area (Å²) in [4.78, 5) is 24.7. The van der Waals surface area contributed by atoms with Crippen LogP contribution in [0, 0.1) is 23.2 Å². The van der Waals surface area contributed by atoms with Gasteiger partial charge in [0.2, 0.25) is 0 Å². The Kier molecular flexibility index (Phi) is 5.26. The van der Waals surface area contributed by atoms with E-state index in [1.807, 2.05) is 6.92 Å². The molecule has 2 fully saturated rings. The first-order valence-corrected chi connectivity index (χ1v) is 8.67. The number of aliphatic hydroxyl groups excluding tert-OH is 1. The summed E-state index contributed by atoms with van der Waals surface area (Å²) in [7, 11) is 0. The number of rotatable bonds is 4. The Morgan fingerprint density at radius 2 is 2.09 bits per heavy atom. The van der Waals surface area contributed by atoms with Gasteiger partial charge >= 0.3 is 0 Å². The average Bonchev–Trinajstić information content (AvgIpc) is 2.49. The first-order chi connectivity index (χ1) is 10.3. The quantitative estimate of drug-likeness (QED) is 0.806. The van der Waals surface area contributed by atoms with Crippen molar-refractivity contribution in [3.05, 3.63) is 12.2 Å². The number of fused-ring (bicyclic) bond motifs is 1. The summed E-state index contributed by atoms with van der Waals surface area (Å²) in [6, 6.07) is 0. The van der Waals surface area contributed by atoms with E-state index >= 15 is 0 Å². The Morgan fingerprint density at radius 1 is 1.41 bits per heavy atom. The van der Waals surface area contributed by atoms with Gasteiger partial charge in [0, 0.05) is 24.2 Å². The van der Waals surface area contributed by atoms with E-state index in [1.165, 1.54) is 0 Å². The lowest BCUT2D eigenvalue weighted by Gasteiger charge is -2.53. The van der Waals surface area contributed by atoms with Crippen molar-refractivity contribution in [3.63, 3.8) is 0 Å². The Hall–Kier alpha value is -0.960. The normalized spacial score (nSPS) is 37.4. The Balaban J connectivity index is 2.09. The van der Waals surface area contributed by atoms with E-state index in [-0.39, 0.29) is 17.1 Å². The molecule has 0 aromatic rings. The molecule has 124 valence electrons. The van der Waals surface area contributed by atoms with Crippen LogP contribution in [0.2, 0.25) is 0 Å². The lowest BCUT2D eigenvalue weighted by molar-refractivity contribution is -0.143. The minimum Gasteiger partial charge on any atom is -0.393 e. The first kappa shape index (κ1) is 17.4. The fourth-order valence-corrected chi connectivity index (χ4v) is 4.23. The van der Waals surface area contributed by atoms with Crippen LogP contribution in [0.15, 0.2) is 12.2 Å². The van der Waals surface area contributed by atoms with Crippen molar-refractivity contribution in [1.82, 2.24) is 0 Å². The molecule has 2 aliphatic rings. The number of hydrogen-bond acceptors (Lipinski definition) is 3. The molecule has 22 heavy (non-hydrogen) atoms. The van der Waals surface area contributed by atoms with Gasteiger partial charge in [0.1, 0.15) is 11.6 Å². The van der Waals surface area contributed by atoms with E-state index < -0.39 is 6.10 Å². The van der Waals surface area contributed by atoms with Gasteiger partial charge in [-0.2, -0.15) is 0 Å². The van der Waals surface area contributed by atoms with Crippen molar-refractivity contribution in [3.8, 4) is 0 Å². The molecular weight excluding hydrogens is 276 g/mol. The second-order valence-corrected chi connectivity index (χ2v) is 7.75. The fourth-order valence-electron chi connectivity index (χ4n) is 4.23. The highest BCUT2D eigenvalue weighted by Gasteiger charge is 2.54. The average molecular weight is 306 g/mol. The molecule has 0 aromatic heterocycles. The zero-order chi connectivity index (χ0) is 16.5. The molecule has 1 N–H and O–H groups in total. The summed E-state index contributed by atoms with van der Waals surface area (Å²) < 4.78 is 0. The van der Waals surface area contributed by atoms with Crippen LogP contribution in [-0.4, -0.2) is 22.8 Å². The molecule has 0 heterocycles. The van der Waals surface area contributed by atoms with E-state index in [2.05, 4.69) is 13.5 Å². The number of aliphatic hydroxyl groups is 1. The first-order valence-electron chi connectivity index (χ1n) is 8.67. The molecule has 0 aromatic carbocycles. The molecule has 3 nitrogen and oxygen atoms in total. The fraction of sp³-hybridized carbons (Fsp3) is 0.789. The van der Waals surface area contributed by atoms with Crippen molar-refractivity contribution in [2.24, 2.45) is 23.2 Å². The van der Waals surface area contributed by atoms with Crippen molar-refractivity contribution in [2.75, 3.05) is 0 Å². The zero-order valence-electron chi connectivity index (χ0n) is 14.2. The Morgan fingerprint density at radius 3 is 2.73 bits per heavy atom. The maximum Gasteiger partial charge on any atom is 0.139 e. The Bertz CT molecular complexity index is 465. The smallest absolute Gasteiger partial charge is 0.139 e. The van der Waals surface area contributed by atoms with Gasteiger partial charge in [-0.05, 0) is 50.9 Å². The lowest BCUT2D eigenvalue weighted by atomic mass is 9.49. The summed E-state index contributed by atoms with van der Waals surface area (Å²) in [6.45, 7) is 10.0. The van der Waals surface area contributed by atoms with Crippen molar-refractivity contribution >= 4 is 11.6 Å². The SMILES string of the molecule is C=C1CCC(=O)[C@H](C)CC[C@@H]2[C@@H]1C[C@@]2(C)C(=O)CC[C@H](C)O. The molecule has 2 rings (SSSR count). The van der Waals surface area contributed by atoms with Gasteiger partial charge in [-0.3, -0.25) is 9.59 Å². The highest BCUT2D eigenvalue weighted by molar-refractivity contribution is 5.86. The third kappa shape index (κ3) is 3.34. The van der Waals surface area contributed by atoms with Crippen LogP contribution in [-0.2, 0) is 9.59 Å². The molecule has 0 saturated heterocycles. The van der Waals surface area contributed by atoms with Crippen LogP contribution >= 0.6 is 0 Å². The van der Waals surface area contributed by atoms with E-state index in [9.17, 15) is 14.7 Å². The number of carbonyl (C=O) groups is 2. The number of ketones is 2. The summed E-state index contributed by atoms with van der Waals surface area (Å²) >= 11 is 0. The summed E-state index contributed by atoms with van der Waals surface area (Å²) in [5.74, 6) is 1.45. The van der Waals surface area contributed by atoms with Gasteiger partial charge in [-0.15, -0.1) is 0 Å². The molecule has 2 aliphatic carbocycles. The molecule has 0 amide bonds. The molecular formula is C19H30O3. The van der Waals surface area contributed by atoms with Crippen molar-refractivity contribution < 1.29 is 14.7 Å². The predicted molar refractivity (Wildman–Crippen MR) is 87.4 cm³/mol. The highest BCUT2D eigenvalue weighted by atomic mass is 16.3. The van der Waals surface area contributed by atoms with Crippen LogP contribution < -0.4 is 0 Å². The van der Waals surface area contributed by atoms with Gasteiger partial charge in [0.15, 0.2) is 0 Å². The molecule has 0 radical (unpaired) electrons. The molecule has 5 atom stereocenters. The minimum absolute atomic E-state index is 0.101. The second kappa shape index (κ2) is 6.66. The molecule has 0 spiro atoms. The lowest BCUT2D eigenvalue weighted by Crippen LogP contribution is -2.51. The van der Waals surface area contributed by atoms with Gasteiger partial charge in [0.05, 0.1) is 6.10 Å². The molecule has 0 bridgehead atoms. The molecule has 3 heteroatoms. The van der Waals surface area contributed by atoms with Gasteiger partial charge < -0.3 is 5.11 Å². The van der Waals surface area contributed by atoms with Crippen molar-refractivity contribution in [1.29, 1.82) is 0 Å². The Labute approximate surface area is 134 Å². The van der Waals surface area contributed by atoms with E-state index in [0.29, 0.717) is 36.9 Å². The highest BCUT2D eigenvalue weighted by Crippen LogP contribution is 2.58. The minimum atomic E-state index is -0.420. The summed E-state index contributed by atoms with van der Waals surface area (Å²) in [5.41, 5.74) is 0.878. The number of hydrogen-bond donors (Lipinski definition) is 1.